The van der Waals surface area contributed by atoms with E-state index in [1.54, 1.807) is 35.9 Å². The number of aromatic nitrogens is 1. The van der Waals surface area contributed by atoms with Gasteiger partial charge in [-0.25, -0.2) is 0 Å². The van der Waals surface area contributed by atoms with Gasteiger partial charge in [-0.3, -0.25) is 14.7 Å². The van der Waals surface area contributed by atoms with Crippen LogP contribution < -0.4 is 5.32 Å². The number of aliphatic hydroxyl groups excluding tert-OH is 1. The van der Waals surface area contributed by atoms with Crippen LogP contribution in [-0.2, 0) is 13.1 Å². The molecule has 140 valence electrons. The lowest BCUT2D eigenvalue weighted by Crippen LogP contribution is -2.53. The number of carbonyl (C=O) groups excluding carboxylic acids is 1. The van der Waals surface area contributed by atoms with Crippen molar-refractivity contribution in [1.29, 1.82) is 0 Å². The third-order valence-electron chi connectivity index (χ3n) is 4.51. The van der Waals surface area contributed by atoms with Crippen molar-refractivity contribution in [2.75, 3.05) is 27.2 Å². The topological polar surface area (TPSA) is 68.7 Å². The number of hydrogen-bond acceptors (Lipinski definition) is 6. The van der Waals surface area contributed by atoms with Crippen molar-refractivity contribution >= 4 is 17.2 Å². The van der Waals surface area contributed by atoms with Crippen molar-refractivity contribution < 1.29 is 9.90 Å². The Balaban J connectivity index is 1.50. The zero-order valence-electron chi connectivity index (χ0n) is 15.3. The molecule has 2 aromatic rings. The van der Waals surface area contributed by atoms with Gasteiger partial charge in [0.15, 0.2) is 0 Å². The van der Waals surface area contributed by atoms with Crippen LogP contribution in [0, 0.1) is 0 Å². The van der Waals surface area contributed by atoms with E-state index in [4.69, 9.17) is 0 Å². The van der Waals surface area contributed by atoms with Crippen molar-refractivity contribution in [2.24, 2.45) is 0 Å². The molecule has 1 fully saturated rings. The largest absolute Gasteiger partial charge is 0.390 e. The average molecular weight is 375 g/mol. The summed E-state index contributed by atoms with van der Waals surface area (Å²) in [5, 5.41) is 15.6. The third kappa shape index (κ3) is 5.11. The number of rotatable bonds is 6. The fraction of sp³-hybridized carbons (Fsp3) is 0.474. The monoisotopic (exact) mass is 374 g/mol. The molecule has 0 radical (unpaired) electrons. The summed E-state index contributed by atoms with van der Waals surface area (Å²) >= 11 is 1.77. The Morgan fingerprint density at radius 3 is 2.88 bits per heavy atom. The van der Waals surface area contributed by atoms with Gasteiger partial charge in [0, 0.05) is 49.0 Å². The second kappa shape index (κ2) is 8.73. The maximum absolute atomic E-state index is 12.3. The molecule has 2 atom stereocenters. The molecule has 0 unspecified atom stereocenters. The quantitative estimate of drug-likeness (QED) is 0.803. The first kappa shape index (κ1) is 19.0. The van der Waals surface area contributed by atoms with Crippen molar-refractivity contribution in [3.05, 3.63) is 52.0 Å². The molecule has 0 aromatic carbocycles. The Hall–Kier alpha value is -1.80. The van der Waals surface area contributed by atoms with Crippen LogP contribution in [0.5, 0.6) is 0 Å². The van der Waals surface area contributed by atoms with Crippen LogP contribution in [0.2, 0.25) is 0 Å². The lowest BCUT2D eigenvalue weighted by Gasteiger charge is -2.36. The van der Waals surface area contributed by atoms with Gasteiger partial charge in [-0.05, 0) is 49.7 Å². The highest BCUT2D eigenvalue weighted by Crippen LogP contribution is 2.20. The van der Waals surface area contributed by atoms with Crippen LogP contribution >= 0.6 is 11.3 Å². The van der Waals surface area contributed by atoms with Crippen molar-refractivity contribution in [3.63, 3.8) is 0 Å². The van der Waals surface area contributed by atoms with Gasteiger partial charge in [0.25, 0.3) is 5.91 Å². The Bertz CT molecular complexity index is 719. The molecular formula is C19H26N4O2S. The van der Waals surface area contributed by atoms with E-state index in [-0.39, 0.29) is 11.9 Å². The van der Waals surface area contributed by atoms with Crippen LogP contribution in [-0.4, -0.2) is 65.1 Å². The molecule has 7 heteroatoms. The van der Waals surface area contributed by atoms with E-state index in [1.807, 2.05) is 0 Å². The van der Waals surface area contributed by atoms with Crippen molar-refractivity contribution in [3.8, 4) is 0 Å². The van der Waals surface area contributed by atoms with E-state index >= 15 is 0 Å². The highest BCUT2D eigenvalue weighted by molar-refractivity contribution is 7.10. The van der Waals surface area contributed by atoms with Gasteiger partial charge in [-0.1, -0.05) is 0 Å². The second-order valence-corrected chi connectivity index (χ2v) is 8.06. The lowest BCUT2D eigenvalue weighted by atomic mass is 10.0. The van der Waals surface area contributed by atoms with E-state index in [1.165, 1.54) is 10.4 Å². The first-order valence-corrected chi connectivity index (χ1v) is 9.71. The molecule has 1 amide bonds. The molecule has 0 spiro atoms. The van der Waals surface area contributed by atoms with Crippen LogP contribution in [0.3, 0.4) is 0 Å². The number of nitrogens with zero attached hydrogens (tertiary/aromatic N) is 3. The number of piperidine rings is 1. The van der Waals surface area contributed by atoms with Crippen LogP contribution in [0.15, 0.2) is 36.0 Å². The van der Waals surface area contributed by atoms with Crippen LogP contribution in [0.4, 0.5) is 0 Å². The molecule has 1 aliphatic rings. The molecule has 6 nitrogen and oxygen atoms in total. The molecule has 3 heterocycles. The summed E-state index contributed by atoms with van der Waals surface area (Å²) in [5.74, 6) is -0.156. The predicted molar refractivity (Wildman–Crippen MR) is 103 cm³/mol. The Kier molecular flexibility index (Phi) is 6.37. The normalized spacial score (nSPS) is 21.1. The summed E-state index contributed by atoms with van der Waals surface area (Å²) in [6.07, 6.45) is 3.38. The maximum atomic E-state index is 12.3. The van der Waals surface area contributed by atoms with Gasteiger partial charge < -0.3 is 15.3 Å². The number of aliphatic hydroxyl groups is 1. The van der Waals surface area contributed by atoms with Gasteiger partial charge >= 0.3 is 0 Å². The summed E-state index contributed by atoms with van der Waals surface area (Å²) in [4.78, 5) is 21.9. The van der Waals surface area contributed by atoms with E-state index in [0.717, 1.165) is 26.1 Å². The minimum absolute atomic E-state index is 0.156. The van der Waals surface area contributed by atoms with Crippen LogP contribution in [0.25, 0.3) is 0 Å². The Morgan fingerprint density at radius 1 is 1.42 bits per heavy atom. The summed E-state index contributed by atoms with van der Waals surface area (Å²) in [5.41, 5.74) is 1.90. The van der Waals surface area contributed by atoms with E-state index in [9.17, 15) is 9.90 Å². The molecule has 2 N–H and O–H groups in total. The maximum Gasteiger partial charge on any atom is 0.251 e. The molecule has 26 heavy (non-hydrogen) atoms. The lowest BCUT2D eigenvalue weighted by molar-refractivity contribution is 0.0353. The third-order valence-corrected chi connectivity index (χ3v) is 5.48. The fourth-order valence-corrected chi connectivity index (χ4v) is 4.16. The number of likely N-dealkylation sites (tertiary alicyclic amines) is 1. The summed E-state index contributed by atoms with van der Waals surface area (Å²) < 4.78 is 0. The SMILES string of the molecule is CN(C)Cc1csc(CN2CC[C@@H](NC(=O)c3ccncc3)[C@H](O)C2)c1. The number of nitrogens with one attached hydrogen (secondary N) is 1. The Labute approximate surface area is 158 Å². The number of carbonyl (C=O) groups is 1. The zero-order valence-corrected chi connectivity index (χ0v) is 16.1. The first-order chi connectivity index (χ1) is 12.5. The Morgan fingerprint density at radius 2 is 2.19 bits per heavy atom. The standard InChI is InChI=1S/C19H26N4O2S/c1-22(2)10-14-9-16(26-13-14)11-23-8-5-17(18(24)12-23)21-19(25)15-3-6-20-7-4-15/h3-4,6-7,9,13,17-18,24H,5,8,10-12H2,1-2H3,(H,21,25)/t17-,18-/m1/s1. The predicted octanol–water partition coefficient (Wildman–Crippen LogP) is 1.57. The molecular weight excluding hydrogens is 348 g/mol. The van der Waals surface area contributed by atoms with Crippen LogP contribution in [0.1, 0.15) is 27.2 Å². The highest BCUT2D eigenvalue weighted by Gasteiger charge is 2.29. The number of amides is 1. The summed E-state index contributed by atoms with van der Waals surface area (Å²) in [7, 11) is 4.14. The van der Waals surface area contributed by atoms with Crippen molar-refractivity contribution in [2.45, 2.75) is 31.7 Å². The fourth-order valence-electron chi connectivity index (χ4n) is 3.24. The molecule has 0 bridgehead atoms. The van der Waals surface area contributed by atoms with E-state index < -0.39 is 6.10 Å². The number of pyridine rings is 1. The van der Waals surface area contributed by atoms with Gasteiger partial charge in [0.1, 0.15) is 0 Å². The molecule has 0 aliphatic carbocycles. The minimum atomic E-state index is -0.559. The molecule has 3 rings (SSSR count). The number of β-amino-alcohol motifs (C(OH)–C–C–N with tert-alkyl or cyclic N) is 1. The molecule has 1 aliphatic heterocycles. The van der Waals surface area contributed by atoms with E-state index in [2.05, 4.69) is 45.6 Å². The number of hydrogen-bond donors (Lipinski definition) is 2. The molecule has 2 aromatic heterocycles. The minimum Gasteiger partial charge on any atom is -0.390 e. The van der Waals surface area contributed by atoms with Gasteiger partial charge in [0.05, 0.1) is 12.1 Å². The smallest absolute Gasteiger partial charge is 0.251 e. The zero-order chi connectivity index (χ0) is 18.5. The highest BCUT2D eigenvalue weighted by atomic mass is 32.1. The number of thiophene rings is 1. The van der Waals surface area contributed by atoms with Gasteiger partial charge in [-0.15, -0.1) is 11.3 Å². The van der Waals surface area contributed by atoms with Gasteiger partial charge in [0.2, 0.25) is 0 Å². The van der Waals surface area contributed by atoms with Gasteiger partial charge in [-0.2, -0.15) is 0 Å². The van der Waals surface area contributed by atoms with E-state index in [0.29, 0.717) is 12.1 Å². The molecule has 1 saturated heterocycles. The molecule has 0 saturated carbocycles. The average Bonchev–Trinajstić information content (AvgIpc) is 3.04. The second-order valence-electron chi connectivity index (χ2n) is 7.07. The first-order valence-electron chi connectivity index (χ1n) is 8.83. The summed E-state index contributed by atoms with van der Waals surface area (Å²) in [6.45, 7) is 3.23. The van der Waals surface area contributed by atoms with Crippen molar-refractivity contribution in [1.82, 2.24) is 20.1 Å². The summed E-state index contributed by atoms with van der Waals surface area (Å²) in [6, 6.07) is 5.39.